The minimum atomic E-state index is 0.0893. The maximum atomic E-state index is 11.4. The van der Waals surface area contributed by atoms with Crippen LogP contribution in [0.25, 0.3) is 10.9 Å². The number of rotatable bonds is 7. The summed E-state index contributed by atoms with van der Waals surface area (Å²) in [7, 11) is 0. The van der Waals surface area contributed by atoms with Crippen LogP contribution in [0, 0.1) is 0 Å². The molecule has 0 spiro atoms. The number of benzene rings is 1. The van der Waals surface area contributed by atoms with Gasteiger partial charge >= 0.3 is 0 Å². The van der Waals surface area contributed by atoms with Gasteiger partial charge in [-0.05, 0) is 18.6 Å². The van der Waals surface area contributed by atoms with E-state index in [0.29, 0.717) is 19.6 Å². The van der Waals surface area contributed by atoms with E-state index in [1.54, 1.807) is 6.20 Å². The monoisotopic (exact) mass is 272 g/mol. The summed E-state index contributed by atoms with van der Waals surface area (Å²) in [6, 6.07) is 9.75. The first-order chi connectivity index (χ1) is 9.81. The van der Waals surface area contributed by atoms with Gasteiger partial charge in [-0.1, -0.05) is 31.5 Å². The number of nitrogens with zero attached hydrogens (tertiary/aromatic N) is 1. The molecule has 2 rings (SSSR count). The molecule has 1 aromatic heterocycles. The van der Waals surface area contributed by atoms with E-state index in [9.17, 15) is 4.79 Å². The van der Waals surface area contributed by atoms with Gasteiger partial charge in [0.1, 0.15) is 17.9 Å². The molecule has 0 saturated heterocycles. The van der Waals surface area contributed by atoms with E-state index in [0.717, 1.165) is 29.5 Å². The predicted molar refractivity (Wildman–Crippen MR) is 79.8 cm³/mol. The van der Waals surface area contributed by atoms with Crippen molar-refractivity contribution in [3.8, 4) is 5.75 Å². The number of para-hydroxylation sites is 1. The highest BCUT2D eigenvalue weighted by Gasteiger charge is 2.03. The molecular weight excluding hydrogens is 252 g/mol. The van der Waals surface area contributed by atoms with Gasteiger partial charge in [-0.2, -0.15) is 0 Å². The summed E-state index contributed by atoms with van der Waals surface area (Å²) in [6.07, 6.45) is 4.31. The molecule has 0 aliphatic rings. The highest BCUT2D eigenvalue weighted by atomic mass is 16.5. The minimum Gasteiger partial charge on any atom is -0.489 e. The summed E-state index contributed by atoms with van der Waals surface area (Å²) in [5, 5.41) is 3.90. The lowest BCUT2D eigenvalue weighted by Gasteiger charge is -2.09. The van der Waals surface area contributed by atoms with Crippen molar-refractivity contribution < 1.29 is 9.53 Å². The van der Waals surface area contributed by atoms with Crippen molar-refractivity contribution in [3.63, 3.8) is 0 Å². The lowest BCUT2D eigenvalue weighted by Crippen LogP contribution is -2.27. The van der Waals surface area contributed by atoms with E-state index in [1.807, 2.05) is 30.3 Å². The van der Waals surface area contributed by atoms with Crippen molar-refractivity contribution in [2.45, 2.75) is 26.2 Å². The normalized spacial score (nSPS) is 10.4. The van der Waals surface area contributed by atoms with Crippen LogP contribution in [0.15, 0.2) is 36.5 Å². The van der Waals surface area contributed by atoms with Crippen LogP contribution in [0.3, 0.4) is 0 Å². The molecule has 4 heteroatoms. The van der Waals surface area contributed by atoms with Crippen LogP contribution in [-0.4, -0.2) is 24.0 Å². The summed E-state index contributed by atoms with van der Waals surface area (Å²) < 4.78 is 5.70. The predicted octanol–water partition coefficient (Wildman–Crippen LogP) is 2.92. The Bertz CT molecular complexity index is 564. The molecule has 1 aromatic carbocycles. The van der Waals surface area contributed by atoms with Crippen molar-refractivity contribution in [2.75, 3.05) is 13.2 Å². The first kappa shape index (κ1) is 14.3. The Balaban J connectivity index is 1.83. The number of ether oxygens (including phenoxy) is 1. The zero-order valence-corrected chi connectivity index (χ0v) is 11.8. The van der Waals surface area contributed by atoms with Gasteiger partial charge in [0.15, 0.2) is 0 Å². The number of fused-ring (bicyclic) bond motifs is 1. The molecule has 0 fully saturated rings. The van der Waals surface area contributed by atoms with E-state index in [4.69, 9.17) is 4.74 Å². The SMILES string of the molecule is CCCCC(=O)NCCOc1cccc2cccnc12. The fourth-order valence-corrected chi connectivity index (χ4v) is 1.97. The second-order valence-corrected chi connectivity index (χ2v) is 4.63. The number of nitrogens with one attached hydrogen (secondary N) is 1. The van der Waals surface area contributed by atoms with Crippen LogP contribution in [0.5, 0.6) is 5.75 Å². The first-order valence-corrected chi connectivity index (χ1v) is 7.04. The second-order valence-electron chi connectivity index (χ2n) is 4.63. The molecule has 4 nitrogen and oxygen atoms in total. The van der Waals surface area contributed by atoms with Gasteiger partial charge in [-0.15, -0.1) is 0 Å². The number of hydrogen-bond donors (Lipinski definition) is 1. The number of amides is 1. The first-order valence-electron chi connectivity index (χ1n) is 7.04. The third kappa shape index (κ3) is 3.95. The standard InChI is InChI=1S/C16H20N2O2/c1-2-3-9-15(19)17-11-12-20-14-8-4-6-13-7-5-10-18-16(13)14/h4-8,10H,2-3,9,11-12H2,1H3,(H,17,19). The number of carbonyl (C=O) groups excluding carboxylic acids is 1. The van der Waals surface area contributed by atoms with E-state index in [2.05, 4.69) is 17.2 Å². The Morgan fingerprint density at radius 1 is 1.30 bits per heavy atom. The Kier molecular flexibility index (Phi) is 5.35. The van der Waals surface area contributed by atoms with Gasteiger partial charge in [-0.3, -0.25) is 9.78 Å². The van der Waals surface area contributed by atoms with E-state index in [1.165, 1.54) is 0 Å². The van der Waals surface area contributed by atoms with Crippen LogP contribution < -0.4 is 10.1 Å². The zero-order valence-electron chi connectivity index (χ0n) is 11.8. The van der Waals surface area contributed by atoms with Gasteiger partial charge in [0.05, 0.1) is 6.54 Å². The molecule has 0 bridgehead atoms. The second kappa shape index (κ2) is 7.48. The van der Waals surface area contributed by atoms with Gasteiger partial charge in [0.2, 0.25) is 5.91 Å². The quantitative estimate of drug-likeness (QED) is 0.788. The molecule has 0 unspecified atom stereocenters. The molecule has 1 N–H and O–H groups in total. The van der Waals surface area contributed by atoms with E-state index in [-0.39, 0.29) is 5.91 Å². The third-order valence-corrected chi connectivity index (χ3v) is 3.03. The van der Waals surface area contributed by atoms with Crippen molar-refractivity contribution in [1.29, 1.82) is 0 Å². The largest absolute Gasteiger partial charge is 0.489 e. The Morgan fingerprint density at radius 3 is 3.00 bits per heavy atom. The van der Waals surface area contributed by atoms with Crippen molar-refractivity contribution >= 4 is 16.8 Å². The number of unbranched alkanes of at least 4 members (excludes halogenated alkanes) is 1. The highest BCUT2D eigenvalue weighted by molar-refractivity contribution is 5.84. The minimum absolute atomic E-state index is 0.0893. The summed E-state index contributed by atoms with van der Waals surface area (Å²) >= 11 is 0. The van der Waals surface area contributed by atoms with Crippen LogP contribution >= 0.6 is 0 Å². The summed E-state index contributed by atoms with van der Waals surface area (Å²) in [6.45, 7) is 3.04. The van der Waals surface area contributed by atoms with Crippen molar-refractivity contribution in [1.82, 2.24) is 10.3 Å². The van der Waals surface area contributed by atoms with E-state index >= 15 is 0 Å². The molecule has 0 atom stereocenters. The summed E-state index contributed by atoms with van der Waals surface area (Å²) in [5.41, 5.74) is 0.854. The summed E-state index contributed by atoms with van der Waals surface area (Å²) in [5.74, 6) is 0.845. The van der Waals surface area contributed by atoms with Gasteiger partial charge in [-0.25, -0.2) is 0 Å². The average molecular weight is 272 g/mol. The molecule has 1 amide bonds. The fraction of sp³-hybridized carbons (Fsp3) is 0.375. The Hall–Kier alpha value is -2.10. The molecule has 1 heterocycles. The summed E-state index contributed by atoms with van der Waals surface area (Å²) in [4.78, 5) is 15.8. The van der Waals surface area contributed by atoms with Crippen LogP contribution in [0.1, 0.15) is 26.2 Å². The van der Waals surface area contributed by atoms with Crippen molar-refractivity contribution in [3.05, 3.63) is 36.5 Å². The van der Waals surface area contributed by atoms with Gasteiger partial charge < -0.3 is 10.1 Å². The molecule has 0 aliphatic carbocycles. The van der Waals surface area contributed by atoms with Crippen LogP contribution in [0.2, 0.25) is 0 Å². The average Bonchev–Trinajstić information content (AvgIpc) is 2.49. The molecular formula is C16H20N2O2. The zero-order chi connectivity index (χ0) is 14.2. The third-order valence-electron chi connectivity index (χ3n) is 3.03. The molecule has 20 heavy (non-hydrogen) atoms. The maximum absolute atomic E-state index is 11.4. The molecule has 0 aliphatic heterocycles. The molecule has 0 radical (unpaired) electrons. The maximum Gasteiger partial charge on any atom is 0.220 e. The van der Waals surface area contributed by atoms with Gasteiger partial charge in [0, 0.05) is 18.0 Å². The van der Waals surface area contributed by atoms with Crippen LogP contribution in [0.4, 0.5) is 0 Å². The number of hydrogen-bond acceptors (Lipinski definition) is 3. The Labute approximate surface area is 119 Å². The Morgan fingerprint density at radius 2 is 2.15 bits per heavy atom. The number of carbonyl (C=O) groups is 1. The molecule has 0 saturated carbocycles. The highest BCUT2D eigenvalue weighted by Crippen LogP contribution is 2.22. The molecule has 2 aromatic rings. The number of pyridine rings is 1. The topological polar surface area (TPSA) is 51.2 Å². The van der Waals surface area contributed by atoms with Crippen LogP contribution in [-0.2, 0) is 4.79 Å². The smallest absolute Gasteiger partial charge is 0.220 e. The fourth-order valence-electron chi connectivity index (χ4n) is 1.97. The van der Waals surface area contributed by atoms with E-state index < -0.39 is 0 Å². The number of aromatic nitrogens is 1. The van der Waals surface area contributed by atoms with Gasteiger partial charge in [0.25, 0.3) is 0 Å². The molecule has 106 valence electrons. The lowest BCUT2D eigenvalue weighted by molar-refractivity contribution is -0.121. The van der Waals surface area contributed by atoms with Crippen molar-refractivity contribution in [2.24, 2.45) is 0 Å². The lowest BCUT2D eigenvalue weighted by atomic mass is 10.2.